The third-order valence-corrected chi connectivity index (χ3v) is 2.62. The summed E-state index contributed by atoms with van der Waals surface area (Å²) in [6.45, 7) is 6.76. The van der Waals surface area contributed by atoms with Crippen molar-refractivity contribution in [1.82, 2.24) is 0 Å². The summed E-state index contributed by atoms with van der Waals surface area (Å²) in [5, 5.41) is 3.29. The number of anilines is 2. The summed E-state index contributed by atoms with van der Waals surface area (Å²) >= 11 is 0. The zero-order valence-electron chi connectivity index (χ0n) is 9.20. The van der Waals surface area contributed by atoms with Crippen molar-refractivity contribution in [1.29, 1.82) is 0 Å². The largest absolute Gasteiger partial charge is 0.385 e. The average Bonchev–Trinajstić information content (AvgIpc) is 2.32. The van der Waals surface area contributed by atoms with Crippen molar-refractivity contribution in [3.63, 3.8) is 0 Å². The van der Waals surface area contributed by atoms with Crippen LogP contribution in [0.2, 0.25) is 0 Å². The van der Waals surface area contributed by atoms with Gasteiger partial charge in [0.15, 0.2) is 0 Å². The molecule has 1 N–H and O–H groups in total. The lowest BCUT2D eigenvalue weighted by Gasteiger charge is -2.28. The summed E-state index contributed by atoms with van der Waals surface area (Å²) in [4.78, 5) is 2.36. The summed E-state index contributed by atoms with van der Waals surface area (Å²) in [6, 6.07) is 8.61. The van der Waals surface area contributed by atoms with Gasteiger partial charge in [0.1, 0.15) is 0 Å². The Morgan fingerprint density at radius 2 is 1.93 bits per heavy atom. The minimum absolute atomic E-state index is 0. The van der Waals surface area contributed by atoms with Crippen LogP contribution in [-0.2, 0) is 4.74 Å². The van der Waals surface area contributed by atoms with Gasteiger partial charge >= 0.3 is 0 Å². The quantitative estimate of drug-likeness (QED) is 0.824. The van der Waals surface area contributed by atoms with Gasteiger partial charge in [0.2, 0.25) is 0 Å². The van der Waals surface area contributed by atoms with E-state index in [1.807, 2.05) is 0 Å². The lowest BCUT2D eigenvalue weighted by atomic mass is 10.2. The van der Waals surface area contributed by atoms with Gasteiger partial charge in [0.25, 0.3) is 0 Å². The van der Waals surface area contributed by atoms with E-state index in [0.29, 0.717) is 0 Å². The van der Waals surface area contributed by atoms with Crippen molar-refractivity contribution in [2.75, 3.05) is 43.1 Å². The minimum atomic E-state index is 0. The van der Waals surface area contributed by atoms with Crippen LogP contribution >= 0.6 is 0 Å². The molecule has 2 rings (SSSR count). The lowest BCUT2D eigenvalue weighted by Crippen LogP contribution is -2.36. The lowest BCUT2D eigenvalue weighted by molar-refractivity contribution is 0.122. The smallest absolute Gasteiger partial charge is 0.0642 e. The first-order valence-electron chi connectivity index (χ1n) is 5.57. The molecule has 0 atom stereocenters. The predicted molar refractivity (Wildman–Crippen MR) is 65.8 cm³/mol. The maximum Gasteiger partial charge on any atom is 0.0642 e. The molecule has 0 aromatic heterocycles. The number of hydrogen-bond donors (Lipinski definition) is 1. The number of hydrogen-bond acceptors (Lipinski definition) is 3. The molecule has 0 aliphatic carbocycles. The maximum atomic E-state index is 5.33. The topological polar surface area (TPSA) is 24.5 Å². The molecule has 84 valence electrons. The van der Waals surface area contributed by atoms with Crippen LogP contribution in [0.5, 0.6) is 0 Å². The second-order valence-corrected chi connectivity index (χ2v) is 3.68. The van der Waals surface area contributed by atoms with Crippen LogP contribution in [-0.4, -0.2) is 32.8 Å². The molecule has 15 heavy (non-hydrogen) atoms. The number of rotatable bonds is 3. The molecule has 1 aromatic carbocycles. The van der Waals surface area contributed by atoms with Gasteiger partial charge in [-0.3, -0.25) is 0 Å². The standard InChI is InChI=1S/C12H18N2O.H2/c1-2-13-11-3-5-12(6-4-11)14-7-9-15-10-8-14;/h3-6,13H,2,7-10H2,1H3;1H. The Balaban J connectivity index is 0.00000128. The van der Waals surface area contributed by atoms with Gasteiger partial charge in [-0.2, -0.15) is 0 Å². The number of ether oxygens (including phenoxy) is 1. The SMILES string of the molecule is CCNc1ccc(N2CCOCC2)cc1.[HH]. The molecule has 0 radical (unpaired) electrons. The zero-order valence-corrected chi connectivity index (χ0v) is 9.20. The average molecular weight is 208 g/mol. The molecule has 0 amide bonds. The molecular formula is C12H20N2O. The van der Waals surface area contributed by atoms with Crippen LogP contribution in [0.3, 0.4) is 0 Å². The maximum absolute atomic E-state index is 5.33. The van der Waals surface area contributed by atoms with Crippen molar-refractivity contribution >= 4 is 11.4 Å². The molecule has 1 heterocycles. The zero-order chi connectivity index (χ0) is 10.5. The fourth-order valence-corrected chi connectivity index (χ4v) is 1.82. The first-order valence-corrected chi connectivity index (χ1v) is 5.57. The van der Waals surface area contributed by atoms with Crippen LogP contribution in [0.1, 0.15) is 8.35 Å². The molecule has 0 bridgehead atoms. The highest BCUT2D eigenvalue weighted by Gasteiger charge is 2.10. The van der Waals surface area contributed by atoms with E-state index in [9.17, 15) is 0 Å². The Morgan fingerprint density at radius 3 is 2.53 bits per heavy atom. The van der Waals surface area contributed by atoms with Crippen LogP contribution in [0.25, 0.3) is 0 Å². The number of nitrogens with one attached hydrogen (secondary N) is 1. The van der Waals surface area contributed by atoms with E-state index in [0.717, 1.165) is 32.8 Å². The van der Waals surface area contributed by atoms with Gasteiger partial charge in [0.05, 0.1) is 13.2 Å². The molecule has 3 heteroatoms. The van der Waals surface area contributed by atoms with Gasteiger partial charge < -0.3 is 15.0 Å². The van der Waals surface area contributed by atoms with Crippen LogP contribution in [0, 0.1) is 0 Å². The van der Waals surface area contributed by atoms with E-state index in [2.05, 4.69) is 41.4 Å². The fourth-order valence-electron chi connectivity index (χ4n) is 1.82. The summed E-state index contributed by atoms with van der Waals surface area (Å²) in [5.41, 5.74) is 2.48. The highest BCUT2D eigenvalue weighted by molar-refractivity contribution is 5.55. The predicted octanol–water partition coefficient (Wildman–Crippen LogP) is 2.20. The van der Waals surface area contributed by atoms with E-state index >= 15 is 0 Å². The Hall–Kier alpha value is -1.22. The third kappa shape index (κ3) is 2.63. The van der Waals surface area contributed by atoms with Crippen molar-refractivity contribution in [3.05, 3.63) is 24.3 Å². The van der Waals surface area contributed by atoms with Crippen molar-refractivity contribution in [2.45, 2.75) is 6.92 Å². The number of benzene rings is 1. The monoisotopic (exact) mass is 208 g/mol. The summed E-state index contributed by atoms with van der Waals surface area (Å²) < 4.78 is 5.33. The van der Waals surface area contributed by atoms with Crippen LogP contribution in [0.15, 0.2) is 24.3 Å². The molecule has 0 unspecified atom stereocenters. The normalized spacial score (nSPS) is 16.5. The van der Waals surface area contributed by atoms with Crippen molar-refractivity contribution in [2.24, 2.45) is 0 Å². The molecule has 1 aromatic rings. The van der Waals surface area contributed by atoms with E-state index in [4.69, 9.17) is 4.74 Å². The fraction of sp³-hybridized carbons (Fsp3) is 0.500. The second kappa shape index (κ2) is 5.03. The van der Waals surface area contributed by atoms with E-state index in [1.54, 1.807) is 0 Å². The van der Waals surface area contributed by atoms with Crippen LogP contribution < -0.4 is 10.2 Å². The Morgan fingerprint density at radius 1 is 1.27 bits per heavy atom. The summed E-state index contributed by atoms with van der Waals surface area (Å²) in [7, 11) is 0. The Labute approximate surface area is 92.5 Å². The Kier molecular flexibility index (Phi) is 3.45. The number of morpholine rings is 1. The molecule has 1 aliphatic rings. The summed E-state index contributed by atoms with van der Waals surface area (Å²) in [6.07, 6.45) is 0. The van der Waals surface area contributed by atoms with Gasteiger partial charge in [-0.25, -0.2) is 0 Å². The second-order valence-electron chi connectivity index (χ2n) is 3.68. The first-order chi connectivity index (χ1) is 7.40. The molecule has 1 saturated heterocycles. The van der Waals surface area contributed by atoms with E-state index in [1.165, 1.54) is 11.4 Å². The molecule has 0 saturated carbocycles. The molecule has 3 nitrogen and oxygen atoms in total. The molecule has 0 spiro atoms. The summed E-state index contributed by atoms with van der Waals surface area (Å²) in [5.74, 6) is 0. The Bertz CT molecular complexity index is 296. The van der Waals surface area contributed by atoms with E-state index in [-0.39, 0.29) is 1.43 Å². The third-order valence-electron chi connectivity index (χ3n) is 2.62. The van der Waals surface area contributed by atoms with Gasteiger partial charge in [-0.05, 0) is 31.2 Å². The molecule has 1 aliphatic heterocycles. The van der Waals surface area contributed by atoms with Gasteiger partial charge in [0, 0.05) is 32.4 Å². The van der Waals surface area contributed by atoms with Crippen molar-refractivity contribution < 1.29 is 6.16 Å². The van der Waals surface area contributed by atoms with Gasteiger partial charge in [-0.15, -0.1) is 0 Å². The minimum Gasteiger partial charge on any atom is -0.385 e. The number of nitrogens with zero attached hydrogens (tertiary/aromatic N) is 1. The van der Waals surface area contributed by atoms with Crippen LogP contribution in [0.4, 0.5) is 11.4 Å². The highest BCUT2D eigenvalue weighted by atomic mass is 16.5. The molecular weight excluding hydrogens is 188 g/mol. The van der Waals surface area contributed by atoms with E-state index < -0.39 is 0 Å². The van der Waals surface area contributed by atoms with Crippen molar-refractivity contribution in [3.8, 4) is 0 Å². The first kappa shape index (κ1) is 10.3. The molecule has 1 fully saturated rings. The highest BCUT2D eigenvalue weighted by Crippen LogP contribution is 2.18. The van der Waals surface area contributed by atoms with Gasteiger partial charge in [-0.1, -0.05) is 0 Å².